The molecule has 0 saturated heterocycles. The van der Waals surface area contributed by atoms with Gasteiger partial charge in [0.15, 0.2) is 5.15 Å². The molecule has 1 aromatic heterocycles. The Morgan fingerprint density at radius 1 is 1.25 bits per heavy atom. The van der Waals surface area contributed by atoms with E-state index in [0.717, 1.165) is 24.1 Å². The number of aromatic nitrogens is 2. The summed E-state index contributed by atoms with van der Waals surface area (Å²) in [6.07, 6.45) is 1.93. The van der Waals surface area contributed by atoms with Crippen LogP contribution in [-0.4, -0.2) is 10.2 Å². The van der Waals surface area contributed by atoms with Gasteiger partial charge in [-0.1, -0.05) is 36.5 Å². The minimum Gasteiger partial charge on any atom is -0.154 e. The highest BCUT2D eigenvalue weighted by Crippen LogP contribution is 2.25. The van der Waals surface area contributed by atoms with Gasteiger partial charge in [-0.15, -0.1) is 5.10 Å². The molecule has 0 radical (unpaired) electrons. The summed E-state index contributed by atoms with van der Waals surface area (Å²) in [5, 5.41) is 8.44. The highest BCUT2D eigenvalue weighted by Gasteiger charge is 2.09. The molecule has 1 heterocycles. The average molecular weight is 205 g/mol. The summed E-state index contributed by atoms with van der Waals surface area (Å²) in [6, 6.07) is 0. The number of rotatable bonds is 2. The summed E-state index contributed by atoms with van der Waals surface area (Å²) in [5.74, 6) is 0. The van der Waals surface area contributed by atoms with Crippen molar-refractivity contribution in [1.29, 1.82) is 0 Å². The van der Waals surface area contributed by atoms with Crippen LogP contribution < -0.4 is 0 Å². The third-order valence-corrected chi connectivity index (χ3v) is 2.44. The Bertz CT molecular complexity index is 287. The van der Waals surface area contributed by atoms with Gasteiger partial charge in [0.2, 0.25) is 0 Å². The smallest absolute Gasteiger partial charge is 0.154 e. The molecule has 0 aliphatic rings. The fraction of sp³-hybridized carbons (Fsp3) is 0.500. The molecule has 0 amide bonds. The number of hydrogen-bond donors (Lipinski definition) is 0. The zero-order valence-electron chi connectivity index (χ0n) is 7.06. The summed E-state index contributed by atoms with van der Waals surface area (Å²) in [5.41, 5.74) is 1.88. The van der Waals surface area contributed by atoms with Crippen LogP contribution in [0.2, 0.25) is 10.2 Å². The van der Waals surface area contributed by atoms with E-state index in [1.54, 1.807) is 0 Å². The standard InChI is InChI=1S/C8H10Cl2N2/c1-3-4-6-5(2)11-12-8(10)7(6)9/h3-4H2,1-2H3. The fourth-order valence-corrected chi connectivity index (χ4v) is 1.47. The van der Waals surface area contributed by atoms with Gasteiger partial charge in [0.25, 0.3) is 0 Å². The summed E-state index contributed by atoms with van der Waals surface area (Å²) >= 11 is 11.7. The second-order valence-corrected chi connectivity index (χ2v) is 3.35. The SMILES string of the molecule is CCCc1c(C)nnc(Cl)c1Cl. The van der Waals surface area contributed by atoms with Crippen LogP contribution in [0.5, 0.6) is 0 Å². The van der Waals surface area contributed by atoms with E-state index in [1.807, 2.05) is 6.92 Å². The molecule has 12 heavy (non-hydrogen) atoms. The zero-order chi connectivity index (χ0) is 9.14. The molecule has 0 aliphatic carbocycles. The first-order valence-electron chi connectivity index (χ1n) is 3.84. The van der Waals surface area contributed by atoms with Gasteiger partial charge in [0.1, 0.15) is 0 Å². The van der Waals surface area contributed by atoms with Gasteiger partial charge in [0, 0.05) is 0 Å². The summed E-state index contributed by atoms with van der Waals surface area (Å²) in [6.45, 7) is 3.98. The highest BCUT2D eigenvalue weighted by molar-refractivity contribution is 6.41. The molecule has 66 valence electrons. The predicted molar refractivity (Wildman–Crippen MR) is 50.8 cm³/mol. The number of hydrogen-bond acceptors (Lipinski definition) is 2. The number of nitrogens with zero attached hydrogens (tertiary/aromatic N) is 2. The fourth-order valence-electron chi connectivity index (χ4n) is 1.05. The lowest BCUT2D eigenvalue weighted by atomic mass is 10.1. The zero-order valence-corrected chi connectivity index (χ0v) is 8.58. The van der Waals surface area contributed by atoms with E-state index < -0.39 is 0 Å². The van der Waals surface area contributed by atoms with E-state index in [1.165, 1.54) is 0 Å². The maximum Gasteiger partial charge on any atom is 0.170 e. The van der Waals surface area contributed by atoms with Crippen molar-refractivity contribution >= 4 is 23.2 Å². The molecule has 1 rings (SSSR count). The summed E-state index contributed by atoms with van der Waals surface area (Å²) in [7, 11) is 0. The Hall–Kier alpha value is -0.340. The lowest BCUT2D eigenvalue weighted by molar-refractivity contribution is 0.867. The van der Waals surface area contributed by atoms with Gasteiger partial charge in [-0.2, -0.15) is 5.10 Å². The first-order chi connectivity index (χ1) is 5.66. The van der Waals surface area contributed by atoms with Crippen molar-refractivity contribution in [2.45, 2.75) is 26.7 Å². The third-order valence-electron chi connectivity index (χ3n) is 1.67. The summed E-state index contributed by atoms with van der Waals surface area (Å²) in [4.78, 5) is 0. The highest BCUT2D eigenvalue weighted by atomic mass is 35.5. The lowest BCUT2D eigenvalue weighted by Crippen LogP contribution is -1.97. The molecule has 0 fully saturated rings. The minimum absolute atomic E-state index is 0.297. The number of aryl methyl sites for hydroxylation is 1. The maximum atomic E-state index is 5.94. The van der Waals surface area contributed by atoms with Gasteiger partial charge in [-0.25, -0.2) is 0 Å². The molecular weight excluding hydrogens is 195 g/mol. The first-order valence-corrected chi connectivity index (χ1v) is 4.59. The van der Waals surface area contributed by atoms with Crippen molar-refractivity contribution in [3.05, 3.63) is 21.4 Å². The molecule has 4 heteroatoms. The molecule has 0 saturated carbocycles. The summed E-state index contributed by atoms with van der Waals surface area (Å²) < 4.78 is 0. The molecule has 1 aromatic rings. The van der Waals surface area contributed by atoms with Crippen LogP contribution in [0.4, 0.5) is 0 Å². The van der Waals surface area contributed by atoms with Crippen LogP contribution in [0.15, 0.2) is 0 Å². The van der Waals surface area contributed by atoms with Gasteiger partial charge in [-0.05, 0) is 18.9 Å². The molecule has 0 unspecified atom stereocenters. The van der Waals surface area contributed by atoms with Gasteiger partial charge in [0.05, 0.1) is 10.7 Å². The van der Waals surface area contributed by atoms with Crippen molar-refractivity contribution in [3.8, 4) is 0 Å². The molecule has 0 atom stereocenters. The Balaban J connectivity index is 3.14. The Morgan fingerprint density at radius 2 is 1.92 bits per heavy atom. The minimum atomic E-state index is 0.297. The topological polar surface area (TPSA) is 25.8 Å². The molecular formula is C8H10Cl2N2. The second-order valence-electron chi connectivity index (χ2n) is 2.62. The molecule has 0 spiro atoms. The number of halogens is 2. The average Bonchev–Trinajstić information content (AvgIpc) is 2.06. The Morgan fingerprint density at radius 3 is 2.50 bits per heavy atom. The van der Waals surface area contributed by atoms with E-state index in [2.05, 4.69) is 17.1 Å². The van der Waals surface area contributed by atoms with Crippen molar-refractivity contribution < 1.29 is 0 Å². The van der Waals surface area contributed by atoms with Crippen LogP contribution >= 0.6 is 23.2 Å². The second kappa shape index (κ2) is 4.06. The molecule has 2 nitrogen and oxygen atoms in total. The van der Waals surface area contributed by atoms with Crippen molar-refractivity contribution in [1.82, 2.24) is 10.2 Å². The molecule has 0 bridgehead atoms. The van der Waals surface area contributed by atoms with E-state index in [4.69, 9.17) is 23.2 Å². The van der Waals surface area contributed by atoms with Crippen LogP contribution in [0, 0.1) is 6.92 Å². The quantitative estimate of drug-likeness (QED) is 0.741. The Labute approximate surface area is 81.9 Å². The van der Waals surface area contributed by atoms with Gasteiger partial charge >= 0.3 is 0 Å². The van der Waals surface area contributed by atoms with Crippen LogP contribution in [0.25, 0.3) is 0 Å². The van der Waals surface area contributed by atoms with E-state index in [0.29, 0.717) is 10.2 Å². The van der Waals surface area contributed by atoms with E-state index in [9.17, 15) is 0 Å². The predicted octanol–water partition coefficient (Wildman–Crippen LogP) is 3.04. The first kappa shape index (κ1) is 9.75. The monoisotopic (exact) mass is 204 g/mol. The van der Waals surface area contributed by atoms with Crippen LogP contribution in [0.1, 0.15) is 24.6 Å². The molecule has 0 aliphatic heterocycles. The largest absolute Gasteiger partial charge is 0.170 e. The van der Waals surface area contributed by atoms with Crippen LogP contribution in [0.3, 0.4) is 0 Å². The van der Waals surface area contributed by atoms with Crippen molar-refractivity contribution in [3.63, 3.8) is 0 Å². The van der Waals surface area contributed by atoms with E-state index >= 15 is 0 Å². The van der Waals surface area contributed by atoms with Crippen molar-refractivity contribution in [2.24, 2.45) is 0 Å². The van der Waals surface area contributed by atoms with Crippen LogP contribution in [-0.2, 0) is 6.42 Å². The van der Waals surface area contributed by atoms with E-state index in [-0.39, 0.29) is 0 Å². The lowest BCUT2D eigenvalue weighted by Gasteiger charge is -2.05. The van der Waals surface area contributed by atoms with Gasteiger partial charge < -0.3 is 0 Å². The Kier molecular flexibility index (Phi) is 3.29. The normalized spacial score (nSPS) is 10.3. The molecule has 0 N–H and O–H groups in total. The maximum absolute atomic E-state index is 5.94. The third kappa shape index (κ3) is 1.87. The van der Waals surface area contributed by atoms with Gasteiger partial charge in [-0.3, -0.25) is 0 Å². The van der Waals surface area contributed by atoms with Crippen molar-refractivity contribution in [2.75, 3.05) is 0 Å². The molecule has 0 aromatic carbocycles.